The Kier molecular flexibility index (Phi) is 5.49. The summed E-state index contributed by atoms with van der Waals surface area (Å²) >= 11 is 0. The van der Waals surface area contributed by atoms with E-state index in [-0.39, 0.29) is 11.7 Å². The van der Waals surface area contributed by atoms with Gasteiger partial charge in [0, 0.05) is 5.56 Å². The van der Waals surface area contributed by atoms with Crippen molar-refractivity contribution >= 4 is 29.4 Å². The second kappa shape index (κ2) is 8.39. The van der Waals surface area contributed by atoms with Crippen molar-refractivity contribution in [2.45, 2.75) is 13.8 Å². The van der Waals surface area contributed by atoms with Crippen LogP contribution in [0.5, 0.6) is 0 Å². The molecule has 0 radical (unpaired) electrons. The summed E-state index contributed by atoms with van der Waals surface area (Å²) < 4.78 is 24.1. The average molecular weight is 418 g/mol. The van der Waals surface area contributed by atoms with Gasteiger partial charge in [-0.15, -0.1) is 0 Å². The first-order valence-corrected chi connectivity index (χ1v) is 9.71. The van der Waals surface area contributed by atoms with Gasteiger partial charge in [-0.2, -0.15) is 10.1 Å². The van der Waals surface area contributed by atoms with Crippen LogP contribution in [0.25, 0.3) is 17.4 Å². The quantitative estimate of drug-likeness (QED) is 0.428. The van der Waals surface area contributed by atoms with Gasteiger partial charge in [-0.3, -0.25) is 4.79 Å². The summed E-state index contributed by atoms with van der Waals surface area (Å²) in [6, 6.07) is 16.0. The zero-order valence-electron chi connectivity index (χ0n) is 17.0. The van der Waals surface area contributed by atoms with Crippen molar-refractivity contribution in [3.05, 3.63) is 83.4 Å². The fourth-order valence-electron chi connectivity index (χ4n) is 3.18. The molecule has 0 fully saturated rings. The number of halogens is 1. The van der Waals surface area contributed by atoms with E-state index < -0.39 is 5.97 Å². The lowest BCUT2D eigenvalue weighted by atomic mass is 10.1. The van der Waals surface area contributed by atoms with Crippen molar-refractivity contribution in [1.29, 1.82) is 0 Å². The third kappa shape index (κ3) is 4.16. The van der Waals surface area contributed by atoms with Crippen LogP contribution in [-0.2, 0) is 9.53 Å². The van der Waals surface area contributed by atoms with Crippen molar-refractivity contribution in [3.63, 3.8) is 0 Å². The van der Waals surface area contributed by atoms with E-state index in [4.69, 9.17) is 9.15 Å². The van der Waals surface area contributed by atoms with Gasteiger partial charge in [0.1, 0.15) is 17.3 Å². The number of ether oxygens (including phenoxy) is 1. The molecule has 31 heavy (non-hydrogen) atoms. The number of hydrogen-bond donors (Lipinski definition) is 0. The molecule has 0 unspecified atom stereocenters. The fourth-order valence-corrected chi connectivity index (χ4v) is 3.18. The molecule has 7 heteroatoms. The maximum atomic E-state index is 13.2. The molecule has 4 rings (SSSR count). The molecule has 0 aliphatic carbocycles. The number of furan rings is 1. The lowest BCUT2D eigenvalue weighted by Crippen LogP contribution is -2.21. The number of carbonyl (C=O) groups is 2. The lowest BCUT2D eigenvalue weighted by Gasteiger charge is -2.11. The number of amides is 1. The van der Waals surface area contributed by atoms with E-state index in [1.165, 1.54) is 29.3 Å². The predicted molar refractivity (Wildman–Crippen MR) is 115 cm³/mol. The SMILES string of the molecule is CCOC(=O)c1cccc(-c2ccc(/C=C3\C(=O)N(c4ccc(F)cc4)N=C3C)o2)c1. The zero-order valence-corrected chi connectivity index (χ0v) is 17.0. The summed E-state index contributed by atoms with van der Waals surface area (Å²) in [6.45, 7) is 3.77. The molecule has 3 aromatic rings. The van der Waals surface area contributed by atoms with E-state index in [2.05, 4.69) is 5.10 Å². The predicted octanol–water partition coefficient (Wildman–Crippen LogP) is 5.07. The number of hydrogen-bond acceptors (Lipinski definition) is 5. The van der Waals surface area contributed by atoms with Crippen LogP contribution in [0, 0.1) is 5.82 Å². The minimum absolute atomic E-state index is 0.297. The molecule has 0 atom stereocenters. The number of benzene rings is 2. The van der Waals surface area contributed by atoms with Gasteiger partial charge >= 0.3 is 5.97 Å². The molecule has 1 aromatic heterocycles. The van der Waals surface area contributed by atoms with Gasteiger partial charge < -0.3 is 9.15 Å². The number of anilines is 1. The first-order valence-electron chi connectivity index (χ1n) is 9.71. The molecular weight excluding hydrogens is 399 g/mol. The molecule has 1 aliphatic heterocycles. The van der Waals surface area contributed by atoms with Crippen LogP contribution in [0.3, 0.4) is 0 Å². The number of carbonyl (C=O) groups excluding carboxylic acids is 2. The van der Waals surface area contributed by atoms with E-state index in [1.54, 1.807) is 50.3 Å². The van der Waals surface area contributed by atoms with Crippen LogP contribution in [0.2, 0.25) is 0 Å². The van der Waals surface area contributed by atoms with Gasteiger partial charge in [0.2, 0.25) is 0 Å². The molecule has 0 bridgehead atoms. The van der Waals surface area contributed by atoms with Crippen molar-refractivity contribution < 1.29 is 23.1 Å². The molecule has 2 heterocycles. The summed E-state index contributed by atoms with van der Waals surface area (Å²) in [6.07, 6.45) is 1.61. The van der Waals surface area contributed by atoms with E-state index in [1.807, 2.05) is 6.07 Å². The third-order valence-corrected chi connectivity index (χ3v) is 4.71. The maximum absolute atomic E-state index is 13.2. The van der Waals surface area contributed by atoms with Crippen molar-refractivity contribution in [3.8, 4) is 11.3 Å². The minimum atomic E-state index is -0.400. The van der Waals surface area contributed by atoms with Crippen LogP contribution in [-0.4, -0.2) is 24.2 Å². The second-order valence-electron chi connectivity index (χ2n) is 6.84. The lowest BCUT2D eigenvalue weighted by molar-refractivity contribution is -0.114. The zero-order chi connectivity index (χ0) is 22.0. The molecule has 1 amide bonds. The molecule has 0 saturated heterocycles. The van der Waals surface area contributed by atoms with Crippen molar-refractivity contribution in [2.24, 2.45) is 5.10 Å². The molecule has 156 valence electrons. The smallest absolute Gasteiger partial charge is 0.338 e. The van der Waals surface area contributed by atoms with Gasteiger partial charge in [0.15, 0.2) is 0 Å². The topological polar surface area (TPSA) is 72.1 Å². The largest absolute Gasteiger partial charge is 0.462 e. The normalized spacial score (nSPS) is 14.8. The highest BCUT2D eigenvalue weighted by molar-refractivity contribution is 6.32. The molecule has 6 nitrogen and oxygen atoms in total. The number of rotatable bonds is 5. The van der Waals surface area contributed by atoms with Gasteiger partial charge in [0.25, 0.3) is 5.91 Å². The van der Waals surface area contributed by atoms with Crippen LogP contribution in [0.1, 0.15) is 30.0 Å². The Balaban J connectivity index is 1.58. The first kappa shape index (κ1) is 20.3. The van der Waals surface area contributed by atoms with Gasteiger partial charge in [-0.25, -0.2) is 9.18 Å². The van der Waals surface area contributed by atoms with Gasteiger partial charge in [-0.1, -0.05) is 12.1 Å². The molecule has 0 N–H and O–H groups in total. The molecule has 2 aromatic carbocycles. The maximum Gasteiger partial charge on any atom is 0.338 e. The Morgan fingerprint density at radius 1 is 1.16 bits per heavy atom. The van der Waals surface area contributed by atoms with Crippen LogP contribution >= 0.6 is 0 Å². The Bertz CT molecular complexity index is 1210. The second-order valence-corrected chi connectivity index (χ2v) is 6.84. The molecular formula is C24H19FN2O4. The number of nitrogens with zero attached hydrogens (tertiary/aromatic N) is 2. The first-order chi connectivity index (χ1) is 15.0. The summed E-state index contributed by atoms with van der Waals surface area (Å²) in [5.41, 5.74) is 2.53. The summed E-state index contributed by atoms with van der Waals surface area (Å²) in [4.78, 5) is 24.8. The summed E-state index contributed by atoms with van der Waals surface area (Å²) in [5.74, 6) is -0.0975. The summed E-state index contributed by atoms with van der Waals surface area (Å²) in [5, 5.41) is 5.51. The number of esters is 1. The van der Waals surface area contributed by atoms with E-state index in [0.29, 0.717) is 46.2 Å². The molecule has 0 saturated carbocycles. The van der Waals surface area contributed by atoms with Crippen molar-refractivity contribution in [1.82, 2.24) is 0 Å². The monoisotopic (exact) mass is 418 g/mol. The minimum Gasteiger partial charge on any atom is -0.462 e. The Morgan fingerprint density at radius 3 is 2.68 bits per heavy atom. The molecule has 1 aliphatic rings. The van der Waals surface area contributed by atoms with Gasteiger partial charge in [0.05, 0.1) is 29.1 Å². The Morgan fingerprint density at radius 2 is 1.94 bits per heavy atom. The third-order valence-electron chi connectivity index (χ3n) is 4.71. The standard InChI is InChI=1S/C24H19FN2O4/c1-3-30-24(29)17-6-4-5-16(13-17)22-12-11-20(31-22)14-21-15(2)26-27(23(21)28)19-9-7-18(25)8-10-19/h4-14H,3H2,1-2H3/b21-14-. The van der Waals surface area contributed by atoms with E-state index >= 15 is 0 Å². The van der Waals surface area contributed by atoms with Crippen LogP contribution < -0.4 is 5.01 Å². The average Bonchev–Trinajstić information content (AvgIpc) is 3.35. The van der Waals surface area contributed by atoms with Crippen molar-refractivity contribution in [2.75, 3.05) is 11.6 Å². The van der Waals surface area contributed by atoms with Crippen LogP contribution in [0.15, 0.2) is 75.8 Å². The summed E-state index contributed by atoms with van der Waals surface area (Å²) in [7, 11) is 0. The Labute approximate surface area is 178 Å². The Hall–Kier alpha value is -4.00. The highest BCUT2D eigenvalue weighted by Crippen LogP contribution is 2.28. The highest BCUT2D eigenvalue weighted by Gasteiger charge is 2.29. The van der Waals surface area contributed by atoms with Crippen LogP contribution in [0.4, 0.5) is 10.1 Å². The molecule has 0 spiro atoms. The number of hydrazone groups is 1. The fraction of sp³-hybridized carbons (Fsp3) is 0.125. The van der Waals surface area contributed by atoms with E-state index in [9.17, 15) is 14.0 Å². The highest BCUT2D eigenvalue weighted by atomic mass is 19.1. The van der Waals surface area contributed by atoms with Gasteiger partial charge in [-0.05, 0) is 68.5 Å². The van der Waals surface area contributed by atoms with E-state index in [0.717, 1.165) is 0 Å².